The molecule has 1 amide bonds. The predicted molar refractivity (Wildman–Crippen MR) is 65.5 cm³/mol. The molecule has 0 aliphatic heterocycles. The van der Waals surface area contributed by atoms with Gasteiger partial charge < -0.3 is 4.90 Å². The second kappa shape index (κ2) is 18.3. The molecule has 0 atom stereocenters. The van der Waals surface area contributed by atoms with Crippen LogP contribution in [0.25, 0.3) is 0 Å². The molecule has 88 valence electrons. The van der Waals surface area contributed by atoms with Crippen LogP contribution in [0.2, 0.25) is 0 Å². The average Bonchev–Trinajstić information content (AvgIpc) is 2.08. The highest BCUT2D eigenvalue weighted by molar-refractivity contribution is 5.73. The van der Waals surface area contributed by atoms with E-state index >= 15 is 0 Å². The monoisotopic (exact) mass is 203 g/mol. The molecular weight excluding hydrogens is 174 g/mol. The van der Waals surface area contributed by atoms with Gasteiger partial charge in [-0.05, 0) is 13.8 Å². The zero-order valence-electron chi connectivity index (χ0n) is 11.2. The van der Waals surface area contributed by atoms with Crippen LogP contribution in [-0.2, 0) is 4.79 Å². The minimum absolute atomic E-state index is 0.162. The lowest BCUT2D eigenvalue weighted by atomic mass is 10.5. The van der Waals surface area contributed by atoms with Crippen molar-refractivity contribution in [2.24, 2.45) is 0 Å². The Morgan fingerprint density at radius 2 is 1.07 bits per heavy atom. The fourth-order valence-electron chi connectivity index (χ4n) is 0.669. The molecule has 0 unspecified atom stereocenters. The Kier molecular flexibility index (Phi) is 25.0. The van der Waals surface area contributed by atoms with Crippen LogP contribution in [-0.4, -0.2) is 23.9 Å². The molecule has 2 heteroatoms. The maximum Gasteiger partial charge on any atom is 0.219 e. The summed E-state index contributed by atoms with van der Waals surface area (Å²) >= 11 is 0. The summed E-state index contributed by atoms with van der Waals surface area (Å²) in [7, 11) is 0. The van der Waals surface area contributed by atoms with E-state index in [2.05, 4.69) is 27.7 Å². The molecule has 0 heterocycles. The number of carbonyl (C=O) groups is 1. The highest BCUT2D eigenvalue weighted by atomic mass is 16.2. The van der Waals surface area contributed by atoms with Crippen molar-refractivity contribution in [1.29, 1.82) is 0 Å². The van der Waals surface area contributed by atoms with Gasteiger partial charge in [0.1, 0.15) is 0 Å². The van der Waals surface area contributed by atoms with Crippen molar-refractivity contribution in [1.82, 2.24) is 4.90 Å². The van der Waals surface area contributed by atoms with Gasteiger partial charge in [0.05, 0.1) is 0 Å². The van der Waals surface area contributed by atoms with E-state index in [4.69, 9.17) is 0 Å². The third-order valence-electron chi connectivity index (χ3n) is 1.21. The Morgan fingerprint density at radius 1 is 0.857 bits per heavy atom. The third kappa shape index (κ3) is 22.5. The zero-order chi connectivity index (χ0) is 12.0. The molecule has 0 aromatic rings. The summed E-state index contributed by atoms with van der Waals surface area (Å²) in [4.78, 5) is 12.3. The first-order chi connectivity index (χ1) is 6.55. The van der Waals surface area contributed by atoms with Gasteiger partial charge in [0.25, 0.3) is 0 Å². The van der Waals surface area contributed by atoms with E-state index in [1.54, 1.807) is 11.8 Å². The summed E-state index contributed by atoms with van der Waals surface area (Å²) in [5.74, 6) is 0.162. The number of hydrogen-bond acceptors (Lipinski definition) is 1. The standard InChI is InChI=1S/C6H13NO.2C3H8/c1-4-7(5-2)6(3)8;2*1-3-2/h4-5H2,1-3H3;2*3H2,1-2H3. The quantitative estimate of drug-likeness (QED) is 0.670. The second-order valence-corrected chi connectivity index (χ2v) is 3.11. The highest BCUT2D eigenvalue weighted by Crippen LogP contribution is 1.84. The first-order valence-corrected chi connectivity index (χ1v) is 5.80. The van der Waals surface area contributed by atoms with E-state index in [1.807, 2.05) is 13.8 Å². The first-order valence-electron chi connectivity index (χ1n) is 5.80. The van der Waals surface area contributed by atoms with Gasteiger partial charge in [-0.25, -0.2) is 0 Å². The lowest BCUT2D eigenvalue weighted by Gasteiger charge is -2.14. The van der Waals surface area contributed by atoms with Gasteiger partial charge >= 0.3 is 0 Å². The van der Waals surface area contributed by atoms with Gasteiger partial charge in [0.2, 0.25) is 5.91 Å². The third-order valence-corrected chi connectivity index (χ3v) is 1.21. The van der Waals surface area contributed by atoms with Crippen molar-refractivity contribution >= 4 is 5.91 Å². The SMILES string of the molecule is CCC.CCC.CCN(CC)C(C)=O. The predicted octanol–water partition coefficient (Wildman–Crippen LogP) is 3.71. The molecule has 0 aliphatic carbocycles. The molecule has 0 radical (unpaired) electrons. The number of amides is 1. The molecule has 14 heavy (non-hydrogen) atoms. The van der Waals surface area contributed by atoms with Crippen molar-refractivity contribution in [3.63, 3.8) is 0 Å². The Labute approximate surface area is 90.7 Å². The Morgan fingerprint density at radius 3 is 1.07 bits per heavy atom. The maximum absolute atomic E-state index is 10.5. The van der Waals surface area contributed by atoms with Crippen molar-refractivity contribution in [2.45, 2.75) is 61.3 Å². The van der Waals surface area contributed by atoms with Crippen LogP contribution >= 0.6 is 0 Å². The maximum atomic E-state index is 10.5. The van der Waals surface area contributed by atoms with E-state index in [0.717, 1.165) is 13.1 Å². The topological polar surface area (TPSA) is 20.3 Å². The molecule has 0 saturated carbocycles. The van der Waals surface area contributed by atoms with Gasteiger partial charge in [-0.3, -0.25) is 4.79 Å². The zero-order valence-corrected chi connectivity index (χ0v) is 11.2. The van der Waals surface area contributed by atoms with Crippen molar-refractivity contribution < 1.29 is 4.79 Å². The van der Waals surface area contributed by atoms with Crippen LogP contribution in [0.1, 0.15) is 61.3 Å². The van der Waals surface area contributed by atoms with E-state index in [-0.39, 0.29) is 5.91 Å². The largest absolute Gasteiger partial charge is 0.343 e. The number of rotatable bonds is 2. The first kappa shape index (κ1) is 19.1. The van der Waals surface area contributed by atoms with Crippen molar-refractivity contribution in [3.8, 4) is 0 Å². The number of hydrogen-bond donors (Lipinski definition) is 0. The lowest BCUT2D eigenvalue weighted by Crippen LogP contribution is -2.27. The molecule has 0 fully saturated rings. The molecule has 0 aromatic heterocycles. The Bertz CT molecular complexity index is 96.5. The summed E-state index contributed by atoms with van der Waals surface area (Å²) in [6, 6.07) is 0. The van der Waals surface area contributed by atoms with Gasteiger partial charge in [0.15, 0.2) is 0 Å². The van der Waals surface area contributed by atoms with Gasteiger partial charge in [-0.1, -0.05) is 40.5 Å². The van der Waals surface area contributed by atoms with Crippen LogP contribution in [0.5, 0.6) is 0 Å². The van der Waals surface area contributed by atoms with Crippen molar-refractivity contribution in [2.75, 3.05) is 13.1 Å². The van der Waals surface area contributed by atoms with Crippen LogP contribution in [0.3, 0.4) is 0 Å². The molecular formula is C12H29NO. The average molecular weight is 203 g/mol. The summed E-state index contributed by atoms with van der Waals surface area (Å²) in [6.07, 6.45) is 2.50. The minimum Gasteiger partial charge on any atom is -0.343 e. The fourth-order valence-corrected chi connectivity index (χ4v) is 0.669. The van der Waals surface area contributed by atoms with E-state index in [9.17, 15) is 4.79 Å². The summed E-state index contributed by atoms with van der Waals surface area (Å²) in [5, 5.41) is 0. The lowest BCUT2D eigenvalue weighted by molar-refractivity contribution is -0.128. The Balaban J connectivity index is -0.000000168. The molecule has 0 rings (SSSR count). The normalized spacial score (nSPS) is 7.64. The van der Waals surface area contributed by atoms with Crippen LogP contribution in [0, 0.1) is 0 Å². The van der Waals surface area contributed by atoms with Crippen LogP contribution < -0.4 is 0 Å². The van der Waals surface area contributed by atoms with E-state index in [0.29, 0.717) is 0 Å². The summed E-state index contributed by atoms with van der Waals surface area (Å²) in [5.41, 5.74) is 0. The van der Waals surface area contributed by atoms with Gasteiger partial charge in [-0.15, -0.1) is 0 Å². The van der Waals surface area contributed by atoms with Gasteiger partial charge in [-0.2, -0.15) is 0 Å². The van der Waals surface area contributed by atoms with E-state index in [1.165, 1.54) is 12.8 Å². The number of carbonyl (C=O) groups excluding carboxylic acids is 1. The summed E-state index contributed by atoms with van der Waals surface area (Å²) < 4.78 is 0. The summed E-state index contributed by atoms with van der Waals surface area (Å²) in [6.45, 7) is 15.7. The fraction of sp³-hybridized carbons (Fsp3) is 0.917. The highest BCUT2D eigenvalue weighted by Gasteiger charge is 1.99. The molecule has 0 aromatic carbocycles. The van der Waals surface area contributed by atoms with Gasteiger partial charge in [0, 0.05) is 20.0 Å². The Hall–Kier alpha value is -0.530. The second-order valence-electron chi connectivity index (χ2n) is 3.11. The molecule has 0 saturated heterocycles. The minimum atomic E-state index is 0.162. The molecule has 0 bridgehead atoms. The van der Waals surface area contributed by atoms with E-state index < -0.39 is 0 Å². The molecule has 0 spiro atoms. The molecule has 0 aliphatic rings. The van der Waals surface area contributed by atoms with Crippen LogP contribution in [0.4, 0.5) is 0 Å². The smallest absolute Gasteiger partial charge is 0.219 e. The molecule has 2 nitrogen and oxygen atoms in total. The van der Waals surface area contributed by atoms with Crippen molar-refractivity contribution in [3.05, 3.63) is 0 Å². The number of nitrogens with zero attached hydrogens (tertiary/aromatic N) is 1. The van der Waals surface area contributed by atoms with Crippen LogP contribution in [0.15, 0.2) is 0 Å². The molecule has 0 N–H and O–H groups in total.